The quantitative estimate of drug-likeness (QED) is 0.807. The number of nitrogens with one attached hydrogen (secondary N) is 2. The zero-order valence-corrected chi connectivity index (χ0v) is 12.4. The fraction of sp³-hybridized carbons (Fsp3) is 0.500. The zero-order valence-electron chi connectivity index (χ0n) is 11.6. The largest absolute Gasteiger partial charge is 0.337 e. The summed E-state index contributed by atoms with van der Waals surface area (Å²) in [5.41, 5.74) is 2.06. The van der Waals surface area contributed by atoms with Crippen molar-refractivity contribution in [3.05, 3.63) is 29.8 Å². The van der Waals surface area contributed by atoms with Gasteiger partial charge in [0.25, 0.3) is 0 Å². The second-order valence-corrected chi connectivity index (χ2v) is 6.01. The Morgan fingerprint density at radius 1 is 1.26 bits per heavy atom. The van der Waals surface area contributed by atoms with Crippen molar-refractivity contribution in [1.29, 1.82) is 0 Å². The highest BCUT2D eigenvalue weighted by molar-refractivity contribution is 7.84. The molecule has 4 nitrogen and oxygen atoms in total. The molecular formula is C14H22N2O2S. The van der Waals surface area contributed by atoms with E-state index in [4.69, 9.17) is 0 Å². The molecule has 1 atom stereocenters. The summed E-state index contributed by atoms with van der Waals surface area (Å²) in [6.07, 6.45) is 5.06. The van der Waals surface area contributed by atoms with Crippen LogP contribution in [0.3, 0.4) is 0 Å². The third-order valence-electron chi connectivity index (χ3n) is 2.71. The number of hydrogen-bond donors (Lipinski definition) is 2. The van der Waals surface area contributed by atoms with E-state index in [0.717, 1.165) is 12.1 Å². The van der Waals surface area contributed by atoms with Crippen molar-refractivity contribution >= 4 is 22.5 Å². The molecule has 0 saturated carbocycles. The van der Waals surface area contributed by atoms with Gasteiger partial charge in [-0.15, -0.1) is 0 Å². The highest BCUT2D eigenvalue weighted by Gasteiger charge is 2.01. The van der Waals surface area contributed by atoms with Crippen LogP contribution >= 0.6 is 0 Å². The second kappa shape index (κ2) is 8.69. The summed E-state index contributed by atoms with van der Waals surface area (Å²) < 4.78 is 10.8. The van der Waals surface area contributed by atoms with Gasteiger partial charge < -0.3 is 10.6 Å². The van der Waals surface area contributed by atoms with E-state index in [9.17, 15) is 9.00 Å². The molecule has 106 valence electrons. The normalized spacial score (nSPS) is 11.9. The molecule has 0 aliphatic carbocycles. The third-order valence-corrected chi connectivity index (χ3v) is 3.48. The second-order valence-electron chi connectivity index (χ2n) is 4.46. The van der Waals surface area contributed by atoms with E-state index in [0.29, 0.717) is 12.3 Å². The van der Waals surface area contributed by atoms with E-state index in [-0.39, 0.29) is 6.03 Å². The Kier molecular flexibility index (Phi) is 7.18. The molecule has 2 amide bonds. The third kappa shape index (κ3) is 6.96. The first kappa shape index (κ1) is 15.7. The number of amides is 2. The topological polar surface area (TPSA) is 58.2 Å². The number of carbonyl (C=O) groups is 1. The maximum Gasteiger partial charge on any atom is 0.319 e. The van der Waals surface area contributed by atoms with E-state index < -0.39 is 10.8 Å². The van der Waals surface area contributed by atoms with Crippen molar-refractivity contribution in [3.8, 4) is 0 Å². The van der Waals surface area contributed by atoms with Crippen molar-refractivity contribution < 1.29 is 9.00 Å². The lowest BCUT2D eigenvalue weighted by Crippen LogP contribution is -2.31. The molecule has 0 saturated heterocycles. The van der Waals surface area contributed by atoms with Gasteiger partial charge in [-0.05, 0) is 30.5 Å². The molecule has 1 aromatic rings. The molecule has 19 heavy (non-hydrogen) atoms. The average Bonchev–Trinajstić information content (AvgIpc) is 2.37. The lowest BCUT2D eigenvalue weighted by molar-refractivity contribution is 0.252. The maximum atomic E-state index is 11.5. The summed E-state index contributed by atoms with van der Waals surface area (Å²) >= 11 is 0. The minimum atomic E-state index is -0.877. The number of anilines is 1. The van der Waals surface area contributed by atoms with E-state index in [1.165, 1.54) is 18.4 Å². The first-order valence-corrected chi connectivity index (χ1v) is 8.28. The van der Waals surface area contributed by atoms with Crippen molar-refractivity contribution in [3.63, 3.8) is 0 Å². The maximum absolute atomic E-state index is 11.5. The van der Waals surface area contributed by atoms with Crippen LogP contribution in [0.2, 0.25) is 0 Å². The molecule has 0 unspecified atom stereocenters. The number of unbranched alkanes of at least 4 members (excludes halogenated alkanes) is 1. The number of urea groups is 1. The summed E-state index contributed by atoms with van der Waals surface area (Å²) in [6.45, 7) is 2.59. The van der Waals surface area contributed by atoms with Crippen molar-refractivity contribution in [2.75, 3.05) is 23.9 Å². The fourth-order valence-electron chi connectivity index (χ4n) is 1.62. The highest BCUT2D eigenvalue weighted by atomic mass is 32.2. The van der Waals surface area contributed by atoms with E-state index in [2.05, 4.69) is 17.6 Å². The van der Waals surface area contributed by atoms with Crippen LogP contribution in [0.1, 0.15) is 25.3 Å². The molecule has 0 bridgehead atoms. The van der Waals surface area contributed by atoms with Gasteiger partial charge in [-0.2, -0.15) is 0 Å². The number of rotatable bonds is 7. The molecule has 0 heterocycles. The first-order valence-electron chi connectivity index (χ1n) is 6.55. The van der Waals surface area contributed by atoms with Crippen molar-refractivity contribution in [2.45, 2.75) is 26.2 Å². The SMILES string of the molecule is CCCCc1ccc(NC(=O)NCC[S@@](C)=O)cc1. The van der Waals surface area contributed by atoms with E-state index >= 15 is 0 Å². The molecular weight excluding hydrogens is 260 g/mol. The first-order chi connectivity index (χ1) is 9.11. The monoisotopic (exact) mass is 282 g/mol. The number of hydrogen-bond acceptors (Lipinski definition) is 2. The van der Waals surface area contributed by atoms with Crippen molar-refractivity contribution in [2.24, 2.45) is 0 Å². The average molecular weight is 282 g/mol. The predicted molar refractivity (Wildman–Crippen MR) is 81.0 cm³/mol. The molecule has 1 aromatic carbocycles. The zero-order chi connectivity index (χ0) is 14.1. The Morgan fingerprint density at radius 2 is 1.95 bits per heavy atom. The van der Waals surface area contributed by atoms with Gasteiger partial charge in [0.05, 0.1) is 0 Å². The number of aryl methyl sites for hydroxylation is 1. The van der Waals surface area contributed by atoms with Crippen LogP contribution in [-0.4, -0.2) is 28.8 Å². The Balaban J connectivity index is 2.35. The van der Waals surface area contributed by atoms with Gasteiger partial charge in [-0.25, -0.2) is 4.79 Å². The van der Waals surface area contributed by atoms with Gasteiger partial charge >= 0.3 is 6.03 Å². The van der Waals surface area contributed by atoms with Crippen LogP contribution in [0.15, 0.2) is 24.3 Å². The molecule has 0 aliphatic heterocycles. The lowest BCUT2D eigenvalue weighted by atomic mass is 10.1. The van der Waals surface area contributed by atoms with Crippen LogP contribution < -0.4 is 10.6 Å². The van der Waals surface area contributed by atoms with Crippen LogP contribution in [0.4, 0.5) is 10.5 Å². The molecule has 0 fully saturated rings. The van der Waals surface area contributed by atoms with Crippen molar-refractivity contribution in [1.82, 2.24) is 5.32 Å². The Labute approximate surface area is 117 Å². The molecule has 2 N–H and O–H groups in total. The number of carbonyl (C=O) groups excluding carboxylic acids is 1. The lowest BCUT2D eigenvalue weighted by Gasteiger charge is -2.07. The van der Waals surface area contributed by atoms with E-state index in [1.807, 2.05) is 24.3 Å². The Hall–Kier alpha value is -1.36. The molecule has 0 aromatic heterocycles. The molecule has 0 radical (unpaired) electrons. The summed E-state index contributed by atoms with van der Waals surface area (Å²) in [7, 11) is -0.877. The standard InChI is InChI=1S/C14H22N2O2S/c1-3-4-5-12-6-8-13(9-7-12)16-14(17)15-10-11-19(2)18/h6-9H,3-5,10-11H2,1-2H3,(H2,15,16,17)/t19-/m1/s1. The van der Waals surface area contributed by atoms with Gasteiger partial charge in [-0.3, -0.25) is 4.21 Å². The Bertz CT molecular complexity index is 418. The van der Waals surface area contributed by atoms with Gasteiger partial charge in [0.15, 0.2) is 0 Å². The van der Waals surface area contributed by atoms with Crippen LogP contribution in [0.5, 0.6) is 0 Å². The molecule has 0 spiro atoms. The number of benzene rings is 1. The fourth-order valence-corrected chi connectivity index (χ4v) is 2.01. The van der Waals surface area contributed by atoms with Crippen LogP contribution in [0.25, 0.3) is 0 Å². The smallest absolute Gasteiger partial charge is 0.319 e. The summed E-state index contributed by atoms with van der Waals surface area (Å²) in [6, 6.07) is 7.62. The summed E-state index contributed by atoms with van der Waals surface area (Å²) in [4.78, 5) is 11.5. The Morgan fingerprint density at radius 3 is 2.53 bits per heavy atom. The minimum Gasteiger partial charge on any atom is -0.337 e. The van der Waals surface area contributed by atoms with Crippen LogP contribution in [0, 0.1) is 0 Å². The predicted octanol–water partition coefficient (Wildman–Crippen LogP) is 2.53. The van der Waals surface area contributed by atoms with Gasteiger partial charge in [0.2, 0.25) is 0 Å². The summed E-state index contributed by atoms with van der Waals surface area (Å²) in [5, 5.41) is 5.42. The molecule has 1 rings (SSSR count). The summed E-state index contributed by atoms with van der Waals surface area (Å²) in [5.74, 6) is 0.476. The van der Waals surface area contributed by atoms with E-state index in [1.54, 1.807) is 6.26 Å². The minimum absolute atomic E-state index is 0.258. The highest BCUT2D eigenvalue weighted by Crippen LogP contribution is 2.11. The van der Waals surface area contributed by atoms with Gasteiger partial charge in [0.1, 0.15) is 0 Å². The van der Waals surface area contributed by atoms with Crippen LogP contribution in [-0.2, 0) is 17.2 Å². The van der Waals surface area contributed by atoms with Gasteiger partial charge in [-0.1, -0.05) is 25.5 Å². The molecule has 0 aliphatic rings. The molecule has 5 heteroatoms. The van der Waals surface area contributed by atoms with Gasteiger partial charge in [0, 0.05) is 35.0 Å².